The zero-order valence-electron chi connectivity index (χ0n) is 10.2. The molecule has 0 aliphatic rings. The quantitative estimate of drug-likeness (QED) is 0.601. The van der Waals surface area contributed by atoms with Crippen molar-refractivity contribution >= 4 is 11.7 Å². The van der Waals surface area contributed by atoms with Crippen LogP contribution in [0.1, 0.15) is 21.5 Å². The molecule has 17 heavy (non-hydrogen) atoms. The van der Waals surface area contributed by atoms with Gasteiger partial charge >= 0.3 is 5.97 Å². The van der Waals surface area contributed by atoms with Crippen LogP contribution in [0.4, 0.5) is 5.69 Å². The minimum Gasteiger partial charge on any atom is -0.460 e. The Hall–Kier alpha value is -1.59. The Morgan fingerprint density at radius 1 is 1.41 bits per heavy atom. The molecule has 0 fully saturated rings. The molecule has 0 amide bonds. The second-order valence-electron chi connectivity index (χ2n) is 3.67. The van der Waals surface area contributed by atoms with Gasteiger partial charge in [0, 0.05) is 0 Å². The molecular formula is C12H17NO4. The minimum atomic E-state index is -0.481. The highest BCUT2D eigenvalue weighted by Crippen LogP contribution is 2.23. The van der Waals surface area contributed by atoms with E-state index in [1.807, 2.05) is 19.9 Å². The number of esters is 1. The van der Waals surface area contributed by atoms with Crippen molar-refractivity contribution < 1.29 is 19.5 Å². The SMILES string of the molecule is CONc1c(C)cc(C)cc1C(=O)OCCO. The Morgan fingerprint density at radius 3 is 2.71 bits per heavy atom. The third-order valence-corrected chi connectivity index (χ3v) is 2.23. The average Bonchev–Trinajstić information content (AvgIpc) is 2.29. The van der Waals surface area contributed by atoms with E-state index in [4.69, 9.17) is 14.7 Å². The largest absolute Gasteiger partial charge is 0.460 e. The van der Waals surface area contributed by atoms with Crippen LogP contribution in [0.5, 0.6) is 0 Å². The van der Waals surface area contributed by atoms with Gasteiger partial charge in [0.15, 0.2) is 0 Å². The summed E-state index contributed by atoms with van der Waals surface area (Å²) < 4.78 is 4.89. The molecule has 0 heterocycles. The number of anilines is 1. The topological polar surface area (TPSA) is 67.8 Å². The summed E-state index contributed by atoms with van der Waals surface area (Å²) in [5.74, 6) is -0.481. The molecule has 0 spiro atoms. The molecule has 1 rings (SSSR count). The van der Waals surface area contributed by atoms with Crippen LogP contribution < -0.4 is 5.48 Å². The molecule has 0 saturated carbocycles. The van der Waals surface area contributed by atoms with Gasteiger partial charge in [-0.05, 0) is 31.0 Å². The van der Waals surface area contributed by atoms with Crippen molar-refractivity contribution in [1.29, 1.82) is 0 Å². The smallest absolute Gasteiger partial charge is 0.340 e. The highest BCUT2D eigenvalue weighted by Gasteiger charge is 2.15. The molecule has 5 heteroatoms. The predicted molar refractivity (Wildman–Crippen MR) is 63.9 cm³/mol. The van der Waals surface area contributed by atoms with Crippen LogP contribution in [0, 0.1) is 13.8 Å². The molecule has 0 aliphatic carbocycles. The summed E-state index contributed by atoms with van der Waals surface area (Å²) in [5, 5.41) is 8.63. The fourth-order valence-electron chi connectivity index (χ4n) is 1.58. The van der Waals surface area contributed by atoms with Gasteiger partial charge in [-0.3, -0.25) is 10.3 Å². The number of hydrogen-bond acceptors (Lipinski definition) is 5. The summed E-state index contributed by atoms with van der Waals surface area (Å²) in [7, 11) is 1.47. The van der Waals surface area contributed by atoms with E-state index < -0.39 is 5.97 Å². The summed E-state index contributed by atoms with van der Waals surface area (Å²) in [5.41, 5.74) is 5.50. The molecule has 2 N–H and O–H groups in total. The summed E-state index contributed by atoms with van der Waals surface area (Å²) in [6.07, 6.45) is 0. The van der Waals surface area contributed by atoms with E-state index in [9.17, 15) is 4.79 Å². The zero-order valence-corrected chi connectivity index (χ0v) is 10.2. The molecular weight excluding hydrogens is 222 g/mol. The van der Waals surface area contributed by atoms with E-state index >= 15 is 0 Å². The van der Waals surface area contributed by atoms with Crippen LogP contribution >= 0.6 is 0 Å². The molecule has 0 radical (unpaired) electrons. The van der Waals surface area contributed by atoms with Crippen molar-refractivity contribution in [2.45, 2.75) is 13.8 Å². The molecule has 1 aromatic carbocycles. The Labute approximate surface area is 100 Å². The first-order valence-corrected chi connectivity index (χ1v) is 5.28. The fourth-order valence-corrected chi connectivity index (χ4v) is 1.58. The van der Waals surface area contributed by atoms with Crippen LogP contribution in [0.2, 0.25) is 0 Å². The van der Waals surface area contributed by atoms with Crippen molar-refractivity contribution in [2.24, 2.45) is 0 Å². The first kappa shape index (κ1) is 13.5. The maximum absolute atomic E-state index is 11.8. The number of carbonyl (C=O) groups excluding carboxylic acids is 1. The van der Waals surface area contributed by atoms with Crippen molar-refractivity contribution in [2.75, 3.05) is 25.8 Å². The maximum atomic E-state index is 11.8. The summed E-state index contributed by atoms with van der Waals surface area (Å²) in [6, 6.07) is 3.65. The summed E-state index contributed by atoms with van der Waals surface area (Å²) in [6.45, 7) is 3.56. The monoisotopic (exact) mass is 239 g/mol. The maximum Gasteiger partial charge on any atom is 0.340 e. The zero-order chi connectivity index (χ0) is 12.8. The first-order valence-electron chi connectivity index (χ1n) is 5.28. The number of aliphatic hydroxyl groups excluding tert-OH is 1. The third kappa shape index (κ3) is 3.44. The summed E-state index contributed by atoms with van der Waals surface area (Å²) in [4.78, 5) is 16.6. The Balaban J connectivity index is 3.06. The highest BCUT2D eigenvalue weighted by atomic mass is 16.6. The number of carbonyl (C=O) groups is 1. The van der Waals surface area contributed by atoms with Crippen molar-refractivity contribution in [3.05, 3.63) is 28.8 Å². The van der Waals surface area contributed by atoms with E-state index in [0.717, 1.165) is 11.1 Å². The molecule has 0 aliphatic heterocycles. The minimum absolute atomic E-state index is 0.0156. The molecule has 0 atom stereocenters. The number of aryl methyl sites for hydroxylation is 2. The average molecular weight is 239 g/mol. The molecule has 94 valence electrons. The number of ether oxygens (including phenoxy) is 1. The predicted octanol–water partition coefficient (Wildman–Crippen LogP) is 1.43. The van der Waals surface area contributed by atoms with Crippen molar-refractivity contribution in [3.63, 3.8) is 0 Å². The highest BCUT2D eigenvalue weighted by molar-refractivity contribution is 5.96. The number of aliphatic hydroxyl groups is 1. The molecule has 1 aromatic rings. The number of hydrogen-bond donors (Lipinski definition) is 2. The normalized spacial score (nSPS) is 10.1. The number of nitrogens with one attached hydrogen (secondary N) is 1. The molecule has 0 unspecified atom stereocenters. The lowest BCUT2D eigenvalue weighted by Gasteiger charge is -2.13. The molecule has 0 bridgehead atoms. The Kier molecular flexibility index (Phi) is 4.93. The Morgan fingerprint density at radius 2 is 2.12 bits per heavy atom. The van der Waals surface area contributed by atoms with E-state index in [1.54, 1.807) is 6.07 Å². The van der Waals surface area contributed by atoms with Crippen molar-refractivity contribution in [3.8, 4) is 0 Å². The molecule has 0 saturated heterocycles. The van der Waals surface area contributed by atoms with E-state index in [2.05, 4.69) is 5.48 Å². The first-order chi connectivity index (χ1) is 8.10. The van der Waals surface area contributed by atoms with E-state index in [0.29, 0.717) is 11.3 Å². The number of rotatable bonds is 5. The van der Waals surface area contributed by atoms with Gasteiger partial charge in [0.25, 0.3) is 0 Å². The van der Waals surface area contributed by atoms with Gasteiger partial charge in [-0.15, -0.1) is 0 Å². The van der Waals surface area contributed by atoms with Gasteiger partial charge in [-0.1, -0.05) is 6.07 Å². The molecule has 5 nitrogen and oxygen atoms in total. The van der Waals surface area contributed by atoms with Gasteiger partial charge < -0.3 is 9.84 Å². The standard InChI is InChI=1S/C12H17NO4/c1-8-6-9(2)11(13-16-3)10(7-8)12(15)17-5-4-14/h6-7,13-14H,4-5H2,1-3H3. The lowest BCUT2D eigenvalue weighted by Crippen LogP contribution is -2.13. The van der Waals surface area contributed by atoms with Crippen LogP contribution in [0.15, 0.2) is 12.1 Å². The van der Waals surface area contributed by atoms with E-state index in [1.165, 1.54) is 7.11 Å². The van der Waals surface area contributed by atoms with Gasteiger partial charge in [0.05, 0.1) is 25.0 Å². The second-order valence-corrected chi connectivity index (χ2v) is 3.67. The van der Waals surface area contributed by atoms with Crippen molar-refractivity contribution in [1.82, 2.24) is 0 Å². The van der Waals surface area contributed by atoms with Gasteiger partial charge in [-0.25, -0.2) is 4.79 Å². The van der Waals surface area contributed by atoms with Crippen LogP contribution in [0.25, 0.3) is 0 Å². The molecule has 0 aromatic heterocycles. The van der Waals surface area contributed by atoms with Gasteiger partial charge in [0.2, 0.25) is 0 Å². The fraction of sp³-hybridized carbons (Fsp3) is 0.417. The second kappa shape index (κ2) is 6.22. The lowest BCUT2D eigenvalue weighted by atomic mass is 10.0. The van der Waals surface area contributed by atoms with Gasteiger partial charge in [-0.2, -0.15) is 0 Å². The van der Waals surface area contributed by atoms with Crippen LogP contribution in [0.3, 0.4) is 0 Å². The van der Waals surface area contributed by atoms with E-state index in [-0.39, 0.29) is 13.2 Å². The number of benzene rings is 1. The van der Waals surface area contributed by atoms with Gasteiger partial charge in [0.1, 0.15) is 6.61 Å². The third-order valence-electron chi connectivity index (χ3n) is 2.23. The Bertz CT molecular complexity index is 404. The summed E-state index contributed by atoms with van der Waals surface area (Å²) >= 11 is 0. The lowest BCUT2D eigenvalue weighted by molar-refractivity contribution is 0.0433. The van der Waals surface area contributed by atoms with Crippen LogP contribution in [-0.4, -0.2) is 31.4 Å². The van der Waals surface area contributed by atoms with Crippen LogP contribution in [-0.2, 0) is 9.57 Å².